The predicted molar refractivity (Wildman–Crippen MR) is 79.1 cm³/mol. The summed E-state index contributed by atoms with van der Waals surface area (Å²) in [5.74, 6) is -4.09. The molecule has 0 bridgehead atoms. The summed E-state index contributed by atoms with van der Waals surface area (Å²) >= 11 is 5.82. The van der Waals surface area contributed by atoms with E-state index >= 15 is 0 Å². The van der Waals surface area contributed by atoms with Gasteiger partial charge >= 0.3 is 0 Å². The van der Waals surface area contributed by atoms with Crippen molar-refractivity contribution in [3.8, 4) is 0 Å². The molecule has 0 aliphatic carbocycles. The Kier molecular flexibility index (Phi) is 5.45. The summed E-state index contributed by atoms with van der Waals surface area (Å²) in [7, 11) is 0. The van der Waals surface area contributed by atoms with Gasteiger partial charge in [-0.2, -0.15) is 0 Å². The maximum Gasteiger partial charge on any atom is 0.194 e. The van der Waals surface area contributed by atoms with Gasteiger partial charge in [0.1, 0.15) is 0 Å². The third kappa shape index (κ3) is 3.80. The molecule has 6 heteroatoms. The Hall–Kier alpha value is -1.56. The van der Waals surface area contributed by atoms with E-state index in [-0.39, 0.29) is 18.2 Å². The molecular weight excluding hydrogens is 315 g/mol. The minimum atomic E-state index is -1.52. The quantitative estimate of drug-likeness (QED) is 0.808. The molecule has 2 atom stereocenters. The zero-order valence-electron chi connectivity index (χ0n) is 11.8. The molecule has 0 amide bonds. The third-order valence-corrected chi connectivity index (χ3v) is 3.66. The van der Waals surface area contributed by atoms with E-state index in [1.807, 2.05) is 6.92 Å². The maximum absolute atomic E-state index is 13.3. The van der Waals surface area contributed by atoms with Crippen LogP contribution in [0.15, 0.2) is 36.4 Å². The number of aliphatic hydroxyl groups excluding tert-OH is 1. The second-order valence-electron chi connectivity index (χ2n) is 4.97. The highest BCUT2D eigenvalue weighted by molar-refractivity contribution is 6.30. The summed E-state index contributed by atoms with van der Waals surface area (Å²) in [6.07, 6.45) is 0. The van der Waals surface area contributed by atoms with Gasteiger partial charge in [-0.05, 0) is 42.3 Å². The fraction of sp³-hybridized carbons (Fsp3) is 0.250. The zero-order valence-corrected chi connectivity index (χ0v) is 12.5. The first-order valence-corrected chi connectivity index (χ1v) is 7.07. The molecule has 2 rings (SSSR count). The number of hydrogen-bond acceptors (Lipinski definition) is 2. The van der Waals surface area contributed by atoms with E-state index in [2.05, 4.69) is 5.32 Å². The normalized spacial score (nSPS) is 13.9. The van der Waals surface area contributed by atoms with Gasteiger partial charge in [-0.15, -0.1) is 0 Å². The summed E-state index contributed by atoms with van der Waals surface area (Å²) in [5, 5.41) is 13.1. The van der Waals surface area contributed by atoms with Gasteiger partial charge in [-0.3, -0.25) is 0 Å². The summed E-state index contributed by atoms with van der Waals surface area (Å²) in [4.78, 5) is 0. The molecule has 2 N–H and O–H groups in total. The lowest BCUT2D eigenvalue weighted by atomic mass is 10.0. The molecule has 118 valence electrons. The Labute approximate surface area is 131 Å². The molecule has 0 spiro atoms. The molecule has 2 nitrogen and oxygen atoms in total. The summed E-state index contributed by atoms with van der Waals surface area (Å²) in [6.45, 7) is 1.45. The van der Waals surface area contributed by atoms with Crippen LogP contribution in [0, 0.1) is 17.5 Å². The SMILES string of the molecule is CC(NC(CO)c1cc(F)c(F)c(F)c1)c1ccc(Cl)cc1. The molecular formula is C16H15ClF3NO. The van der Waals surface area contributed by atoms with E-state index in [4.69, 9.17) is 11.6 Å². The topological polar surface area (TPSA) is 32.3 Å². The average molecular weight is 330 g/mol. The fourth-order valence-electron chi connectivity index (χ4n) is 2.18. The number of halogens is 4. The van der Waals surface area contributed by atoms with Crippen LogP contribution in [0.1, 0.15) is 30.1 Å². The van der Waals surface area contributed by atoms with Crippen LogP contribution >= 0.6 is 11.6 Å². The van der Waals surface area contributed by atoms with Crippen LogP contribution in [0.5, 0.6) is 0 Å². The summed E-state index contributed by atoms with van der Waals surface area (Å²) in [6, 6.07) is 7.88. The van der Waals surface area contributed by atoms with E-state index in [0.29, 0.717) is 5.02 Å². The molecule has 0 aliphatic rings. The maximum atomic E-state index is 13.3. The molecule has 2 aromatic carbocycles. The lowest BCUT2D eigenvalue weighted by Crippen LogP contribution is -2.27. The van der Waals surface area contributed by atoms with Crippen LogP contribution in [-0.4, -0.2) is 11.7 Å². The first kappa shape index (κ1) is 16.8. The van der Waals surface area contributed by atoms with Crippen molar-refractivity contribution in [2.45, 2.75) is 19.0 Å². The molecule has 0 fully saturated rings. The smallest absolute Gasteiger partial charge is 0.194 e. The van der Waals surface area contributed by atoms with Crippen molar-refractivity contribution >= 4 is 11.6 Å². The first-order chi connectivity index (χ1) is 10.4. The van der Waals surface area contributed by atoms with Gasteiger partial charge in [0.15, 0.2) is 17.5 Å². The number of benzene rings is 2. The molecule has 0 radical (unpaired) electrons. The van der Waals surface area contributed by atoms with Gasteiger partial charge < -0.3 is 10.4 Å². The monoisotopic (exact) mass is 329 g/mol. The van der Waals surface area contributed by atoms with Crippen LogP contribution in [0.4, 0.5) is 13.2 Å². The zero-order chi connectivity index (χ0) is 16.3. The van der Waals surface area contributed by atoms with Crippen LogP contribution in [-0.2, 0) is 0 Å². The van der Waals surface area contributed by atoms with Gasteiger partial charge in [0.2, 0.25) is 0 Å². The van der Waals surface area contributed by atoms with Crippen LogP contribution in [0.3, 0.4) is 0 Å². The van der Waals surface area contributed by atoms with Crippen molar-refractivity contribution in [3.63, 3.8) is 0 Å². The van der Waals surface area contributed by atoms with Crippen LogP contribution in [0.2, 0.25) is 5.02 Å². The number of hydrogen-bond donors (Lipinski definition) is 2. The number of aliphatic hydroxyl groups is 1. The minimum Gasteiger partial charge on any atom is -0.394 e. The van der Waals surface area contributed by atoms with E-state index < -0.39 is 23.5 Å². The second-order valence-corrected chi connectivity index (χ2v) is 5.41. The molecule has 0 heterocycles. The van der Waals surface area contributed by atoms with Crippen molar-refractivity contribution < 1.29 is 18.3 Å². The Bertz CT molecular complexity index is 625. The van der Waals surface area contributed by atoms with Crippen LogP contribution < -0.4 is 5.32 Å². The molecule has 0 saturated carbocycles. The predicted octanol–water partition coefficient (Wildman–Crippen LogP) is 4.14. The summed E-state index contributed by atoms with van der Waals surface area (Å²) in [5.41, 5.74) is 1.03. The van der Waals surface area contributed by atoms with E-state index in [1.54, 1.807) is 24.3 Å². The number of nitrogens with one attached hydrogen (secondary N) is 1. The van der Waals surface area contributed by atoms with Crippen molar-refractivity contribution in [2.24, 2.45) is 0 Å². The lowest BCUT2D eigenvalue weighted by molar-refractivity contribution is 0.234. The Morgan fingerprint density at radius 3 is 2.09 bits per heavy atom. The lowest BCUT2D eigenvalue weighted by Gasteiger charge is -2.22. The molecule has 0 aromatic heterocycles. The molecule has 0 aliphatic heterocycles. The van der Waals surface area contributed by atoms with Gasteiger partial charge in [0.05, 0.1) is 12.6 Å². The molecule has 2 aromatic rings. The second kappa shape index (κ2) is 7.13. The van der Waals surface area contributed by atoms with Gasteiger partial charge in [-0.1, -0.05) is 23.7 Å². The van der Waals surface area contributed by atoms with Crippen molar-refractivity contribution in [2.75, 3.05) is 6.61 Å². The molecule has 0 saturated heterocycles. The number of rotatable bonds is 5. The Morgan fingerprint density at radius 1 is 1.05 bits per heavy atom. The van der Waals surface area contributed by atoms with Crippen LogP contribution in [0.25, 0.3) is 0 Å². The van der Waals surface area contributed by atoms with E-state index in [1.165, 1.54) is 0 Å². The highest BCUT2D eigenvalue weighted by atomic mass is 35.5. The highest BCUT2D eigenvalue weighted by Crippen LogP contribution is 2.23. The van der Waals surface area contributed by atoms with Crippen molar-refractivity contribution in [1.82, 2.24) is 5.32 Å². The van der Waals surface area contributed by atoms with E-state index in [9.17, 15) is 18.3 Å². The van der Waals surface area contributed by atoms with E-state index in [0.717, 1.165) is 17.7 Å². The van der Waals surface area contributed by atoms with Crippen molar-refractivity contribution in [1.29, 1.82) is 0 Å². The third-order valence-electron chi connectivity index (χ3n) is 3.41. The summed E-state index contributed by atoms with van der Waals surface area (Å²) < 4.78 is 39.6. The molecule has 2 unspecified atom stereocenters. The van der Waals surface area contributed by atoms with Crippen molar-refractivity contribution in [3.05, 3.63) is 70.0 Å². The average Bonchev–Trinajstić information content (AvgIpc) is 2.50. The fourth-order valence-corrected chi connectivity index (χ4v) is 2.31. The largest absolute Gasteiger partial charge is 0.394 e. The Balaban J connectivity index is 2.20. The first-order valence-electron chi connectivity index (χ1n) is 6.69. The van der Waals surface area contributed by atoms with Gasteiger partial charge in [0.25, 0.3) is 0 Å². The van der Waals surface area contributed by atoms with Gasteiger partial charge in [0, 0.05) is 11.1 Å². The Morgan fingerprint density at radius 2 is 1.59 bits per heavy atom. The standard InChI is InChI=1S/C16H15ClF3NO/c1-9(10-2-4-12(17)5-3-10)21-15(8-22)11-6-13(18)16(20)14(19)7-11/h2-7,9,15,21-22H,8H2,1H3. The minimum absolute atomic E-state index is 0.139. The highest BCUT2D eigenvalue weighted by Gasteiger charge is 2.19. The van der Waals surface area contributed by atoms with Gasteiger partial charge in [-0.25, -0.2) is 13.2 Å². The molecule has 22 heavy (non-hydrogen) atoms.